The van der Waals surface area contributed by atoms with Crippen molar-refractivity contribution in [2.75, 3.05) is 25.2 Å². The molecular formula is C26H29N3O4. The molecule has 5 rings (SSSR count). The fourth-order valence-corrected chi connectivity index (χ4v) is 5.57. The number of amides is 2. The van der Waals surface area contributed by atoms with Crippen LogP contribution in [0.3, 0.4) is 0 Å². The summed E-state index contributed by atoms with van der Waals surface area (Å²) < 4.78 is 5.11. The standard InChI is InChI=1S/C26H29N3O4/c1-26(2,3)23(30)22-19-18(24(31)28(25(19)32)13-6-14-33-4)17-11-10-16-9-8-15-7-5-12-27-20(15)21(16)29(17)22/h5,7-12,17-19,22H,6,13-14H2,1-4H3/t17-,18-,19-,22-/m0/s1. The number of rotatable bonds is 5. The first-order valence-electron chi connectivity index (χ1n) is 11.5. The molecule has 7 nitrogen and oxygen atoms in total. The molecule has 7 heteroatoms. The molecule has 3 aliphatic rings. The maximum atomic E-state index is 13.8. The van der Waals surface area contributed by atoms with Crippen LogP contribution in [0.25, 0.3) is 17.0 Å². The van der Waals surface area contributed by atoms with Gasteiger partial charge in [0.25, 0.3) is 0 Å². The van der Waals surface area contributed by atoms with Gasteiger partial charge in [0.15, 0.2) is 5.78 Å². The molecule has 0 N–H and O–H groups in total. The molecular weight excluding hydrogens is 418 g/mol. The quantitative estimate of drug-likeness (QED) is 0.518. The maximum absolute atomic E-state index is 13.8. The van der Waals surface area contributed by atoms with E-state index in [0.29, 0.717) is 19.6 Å². The van der Waals surface area contributed by atoms with Crippen LogP contribution in [-0.2, 0) is 19.1 Å². The van der Waals surface area contributed by atoms with E-state index < -0.39 is 23.3 Å². The Labute approximate surface area is 193 Å². The summed E-state index contributed by atoms with van der Waals surface area (Å²) >= 11 is 0. The predicted octanol–water partition coefficient (Wildman–Crippen LogP) is 3.07. The van der Waals surface area contributed by atoms with E-state index in [-0.39, 0.29) is 23.6 Å². The van der Waals surface area contributed by atoms with Crippen molar-refractivity contribution >= 4 is 40.3 Å². The minimum absolute atomic E-state index is 0.0333. The number of likely N-dealkylation sites (tertiary alicyclic amines) is 1. The zero-order valence-electron chi connectivity index (χ0n) is 19.4. The summed E-state index contributed by atoms with van der Waals surface area (Å²) in [6.07, 6.45) is 6.29. The van der Waals surface area contributed by atoms with Crippen molar-refractivity contribution in [1.82, 2.24) is 9.88 Å². The number of hydrogen-bond donors (Lipinski definition) is 0. The van der Waals surface area contributed by atoms with Gasteiger partial charge in [-0.2, -0.15) is 0 Å². The maximum Gasteiger partial charge on any atom is 0.235 e. The Morgan fingerprint density at radius 3 is 2.61 bits per heavy atom. The number of ketones is 1. The van der Waals surface area contributed by atoms with Gasteiger partial charge in [0.1, 0.15) is 6.04 Å². The molecule has 1 aromatic heterocycles. The second-order valence-corrected chi connectivity index (χ2v) is 10.1. The molecule has 0 spiro atoms. The largest absolute Gasteiger partial charge is 0.385 e. The van der Waals surface area contributed by atoms with E-state index in [1.165, 1.54) is 4.90 Å². The van der Waals surface area contributed by atoms with Crippen molar-refractivity contribution in [3.05, 3.63) is 42.1 Å². The molecule has 0 saturated carbocycles. The Balaban J connectivity index is 1.66. The van der Waals surface area contributed by atoms with Crippen LogP contribution in [0.5, 0.6) is 0 Å². The number of nitrogens with zero attached hydrogens (tertiary/aromatic N) is 3. The van der Waals surface area contributed by atoms with Gasteiger partial charge in [0.05, 0.1) is 29.1 Å². The second kappa shape index (κ2) is 7.76. The summed E-state index contributed by atoms with van der Waals surface area (Å²) in [6.45, 7) is 6.40. The summed E-state index contributed by atoms with van der Waals surface area (Å²) in [5.74, 6) is -1.76. The summed E-state index contributed by atoms with van der Waals surface area (Å²) in [5.41, 5.74) is 1.90. The lowest BCUT2D eigenvalue weighted by molar-refractivity contribution is -0.142. The minimum atomic E-state index is -0.722. The number of methoxy groups -OCH3 is 1. The molecule has 0 bridgehead atoms. The molecule has 172 valence electrons. The highest BCUT2D eigenvalue weighted by Gasteiger charge is 2.64. The number of aromatic nitrogens is 1. The van der Waals surface area contributed by atoms with Gasteiger partial charge in [-0.25, -0.2) is 0 Å². The van der Waals surface area contributed by atoms with Crippen LogP contribution < -0.4 is 4.90 Å². The number of ether oxygens (including phenoxy) is 1. The van der Waals surface area contributed by atoms with Crippen LogP contribution in [-0.4, -0.2) is 59.8 Å². The first-order valence-corrected chi connectivity index (χ1v) is 11.5. The predicted molar refractivity (Wildman–Crippen MR) is 125 cm³/mol. The lowest BCUT2D eigenvalue weighted by Gasteiger charge is -2.39. The fraction of sp³-hybridized carbons (Fsp3) is 0.462. The summed E-state index contributed by atoms with van der Waals surface area (Å²) in [7, 11) is 1.60. The summed E-state index contributed by atoms with van der Waals surface area (Å²) in [6, 6.07) is 6.81. The number of Topliss-reactive ketones (excluding diaryl/α,β-unsaturated/α-hetero) is 1. The summed E-state index contributed by atoms with van der Waals surface area (Å²) in [4.78, 5) is 49.0. The van der Waals surface area contributed by atoms with Gasteiger partial charge in [0.2, 0.25) is 11.8 Å². The molecule has 0 radical (unpaired) electrons. The average molecular weight is 448 g/mol. The highest BCUT2D eigenvalue weighted by molar-refractivity contribution is 6.13. The lowest BCUT2D eigenvalue weighted by Crippen LogP contribution is -2.51. The van der Waals surface area contributed by atoms with Crippen molar-refractivity contribution in [1.29, 1.82) is 0 Å². The number of carbonyl (C=O) groups is 3. The zero-order valence-corrected chi connectivity index (χ0v) is 19.4. The highest BCUT2D eigenvalue weighted by atomic mass is 16.5. The highest BCUT2D eigenvalue weighted by Crippen LogP contribution is 2.51. The Morgan fingerprint density at radius 1 is 1.12 bits per heavy atom. The van der Waals surface area contributed by atoms with Gasteiger partial charge >= 0.3 is 0 Å². The fourth-order valence-electron chi connectivity index (χ4n) is 5.57. The van der Waals surface area contributed by atoms with E-state index in [1.54, 1.807) is 13.3 Å². The van der Waals surface area contributed by atoms with Crippen molar-refractivity contribution < 1.29 is 19.1 Å². The van der Waals surface area contributed by atoms with Gasteiger partial charge < -0.3 is 9.64 Å². The van der Waals surface area contributed by atoms with E-state index in [9.17, 15) is 14.4 Å². The number of imide groups is 1. The topological polar surface area (TPSA) is 79.8 Å². The van der Waals surface area contributed by atoms with Crippen molar-refractivity contribution in [2.24, 2.45) is 17.3 Å². The smallest absolute Gasteiger partial charge is 0.235 e. The van der Waals surface area contributed by atoms with Gasteiger partial charge in [-0.15, -0.1) is 0 Å². The molecule has 2 amide bonds. The van der Waals surface area contributed by atoms with Crippen molar-refractivity contribution in [3.8, 4) is 0 Å². The van der Waals surface area contributed by atoms with Crippen LogP contribution in [0.4, 0.5) is 5.69 Å². The monoisotopic (exact) mass is 447 g/mol. The Bertz CT molecular complexity index is 1180. The van der Waals surface area contributed by atoms with Crippen molar-refractivity contribution in [3.63, 3.8) is 0 Å². The minimum Gasteiger partial charge on any atom is -0.385 e. The number of pyridine rings is 1. The first-order chi connectivity index (χ1) is 15.8. The van der Waals surface area contributed by atoms with E-state index in [0.717, 1.165) is 22.2 Å². The van der Waals surface area contributed by atoms with Crippen LogP contribution in [0.15, 0.2) is 36.5 Å². The van der Waals surface area contributed by atoms with Gasteiger partial charge in [-0.3, -0.25) is 24.3 Å². The molecule has 4 atom stereocenters. The van der Waals surface area contributed by atoms with Gasteiger partial charge in [-0.1, -0.05) is 51.1 Å². The molecule has 2 aromatic rings. The molecule has 1 aromatic carbocycles. The van der Waals surface area contributed by atoms with Crippen LogP contribution in [0, 0.1) is 17.3 Å². The molecule has 4 heterocycles. The third-order valence-corrected chi connectivity index (χ3v) is 7.07. The van der Waals surface area contributed by atoms with E-state index in [4.69, 9.17) is 4.74 Å². The van der Waals surface area contributed by atoms with Gasteiger partial charge in [-0.05, 0) is 18.1 Å². The second-order valence-electron chi connectivity index (χ2n) is 10.1. The van der Waals surface area contributed by atoms with Crippen LogP contribution in [0.1, 0.15) is 32.8 Å². The Morgan fingerprint density at radius 2 is 1.88 bits per heavy atom. The molecule has 3 aliphatic heterocycles. The third-order valence-electron chi connectivity index (χ3n) is 7.07. The number of fused-ring (bicyclic) bond motifs is 7. The number of carbonyl (C=O) groups excluding carboxylic acids is 3. The van der Waals surface area contributed by atoms with E-state index in [1.807, 2.05) is 62.1 Å². The van der Waals surface area contributed by atoms with E-state index >= 15 is 0 Å². The molecule has 0 unspecified atom stereocenters. The normalized spacial score (nSPS) is 26.1. The van der Waals surface area contributed by atoms with Crippen molar-refractivity contribution in [2.45, 2.75) is 39.3 Å². The molecule has 2 saturated heterocycles. The SMILES string of the molecule is COCCCN1C(=O)[C@@H]2[C@H](C1=O)[C@@H](C(=O)C(C)(C)C)N1c3c(ccc4cccnc34)C=C[C@@H]21. The van der Waals surface area contributed by atoms with Crippen LogP contribution >= 0.6 is 0 Å². The lowest BCUT2D eigenvalue weighted by atomic mass is 9.79. The zero-order chi connectivity index (χ0) is 23.5. The number of benzene rings is 1. The van der Waals surface area contributed by atoms with Gasteiger partial charge in [0, 0.05) is 37.3 Å². The summed E-state index contributed by atoms with van der Waals surface area (Å²) in [5, 5.41) is 0.961. The Kier molecular flexibility index (Phi) is 5.12. The Hall–Kier alpha value is -3.06. The third kappa shape index (κ3) is 3.21. The first kappa shape index (κ1) is 21.8. The van der Waals surface area contributed by atoms with E-state index in [2.05, 4.69) is 4.98 Å². The number of anilines is 1. The molecule has 2 fully saturated rings. The molecule has 33 heavy (non-hydrogen) atoms. The van der Waals surface area contributed by atoms with Crippen LogP contribution in [0.2, 0.25) is 0 Å². The number of hydrogen-bond acceptors (Lipinski definition) is 6. The molecule has 0 aliphatic carbocycles. The average Bonchev–Trinajstić information content (AvgIpc) is 3.26.